The highest BCUT2D eigenvalue weighted by atomic mass is 35.5. The number of benzene rings is 1. The van der Waals surface area contributed by atoms with Crippen molar-refractivity contribution >= 4 is 11.6 Å². The van der Waals surface area contributed by atoms with E-state index in [1.54, 1.807) is 0 Å². The molecule has 0 aliphatic carbocycles. The van der Waals surface area contributed by atoms with Crippen molar-refractivity contribution in [1.29, 1.82) is 0 Å². The minimum absolute atomic E-state index is 0.315. The van der Waals surface area contributed by atoms with Gasteiger partial charge in [-0.15, -0.1) is 0 Å². The molecule has 0 aromatic heterocycles. The van der Waals surface area contributed by atoms with Crippen LogP contribution in [-0.4, -0.2) is 6.04 Å². The molecule has 0 aliphatic rings. The molecular weight excluding hydrogens is 275 g/mol. The molecule has 0 saturated carbocycles. The van der Waals surface area contributed by atoms with E-state index in [4.69, 9.17) is 11.6 Å². The fourth-order valence-electron chi connectivity index (χ4n) is 1.94. The minimum atomic E-state index is -4.33. The van der Waals surface area contributed by atoms with Crippen molar-refractivity contribution in [3.8, 4) is 0 Å². The van der Waals surface area contributed by atoms with Gasteiger partial charge in [-0.1, -0.05) is 31.9 Å². The monoisotopic (exact) mass is 293 g/mol. The minimum Gasteiger partial charge on any atom is -0.310 e. The molecule has 1 aromatic carbocycles. The predicted molar refractivity (Wildman–Crippen MR) is 72.3 cm³/mol. The van der Waals surface area contributed by atoms with E-state index in [0.717, 1.165) is 31.4 Å². The Morgan fingerprint density at radius 1 is 1.26 bits per heavy atom. The van der Waals surface area contributed by atoms with Crippen molar-refractivity contribution in [2.24, 2.45) is 0 Å². The summed E-state index contributed by atoms with van der Waals surface area (Å²) in [5.74, 6) is 0. The maximum absolute atomic E-state index is 12.6. The maximum atomic E-state index is 12.6. The first kappa shape index (κ1) is 16.3. The molecule has 1 aromatic rings. The molecule has 1 N–H and O–H groups in total. The molecule has 1 rings (SSSR count). The molecule has 0 amide bonds. The highest BCUT2D eigenvalue weighted by Crippen LogP contribution is 2.31. The van der Waals surface area contributed by atoms with E-state index in [1.807, 2.05) is 0 Å². The Morgan fingerprint density at radius 3 is 2.47 bits per heavy atom. The van der Waals surface area contributed by atoms with Gasteiger partial charge in [-0.3, -0.25) is 0 Å². The van der Waals surface area contributed by atoms with Gasteiger partial charge in [-0.25, -0.2) is 0 Å². The van der Waals surface area contributed by atoms with Crippen LogP contribution < -0.4 is 5.32 Å². The van der Waals surface area contributed by atoms with E-state index >= 15 is 0 Å². The predicted octanol–water partition coefficient (Wildman–Crippen LogP) is 5.03. The van der Waals surface area contributed by atoms with E-state index in [-0.39, 0.29) is 0 Å². The van der Waals surface area contributed by atoms with Gasteiger partial charge in [0.05, 0.1) is 5.56 Å². The first-order valence-electron chi connectivity index (χ1n) is 6.47. The maximum Gasteiger partial charge on any atom is 0.416 e. The summed E-state index contributed by atoms with van der Waals surface area (Å²) in [5, 5.41) is 3.62. The lowest BCUT2D eigenvalue weighted by molar-refractivity contribution is -0.137. The summed E-state index contributed by atoms with van der Waals surface area (Å²) in [6.07, 6.45) is -1.33. The van der Waals surface area contributed by atoms with Crippen LogP contribution in [0.4, 0.5) is 13.2 Å². The van der Waals surface area contributed by atoms with Gasteiger partial charge in [0.15, 0.2) is 0 Å². The average molecular weight is 294 g/mol. The molecule has 0 fully saturated rings. The lowest BCUT2D eigenvalue weighted by atomic mass is 10.1. The Balaban J connectivity index is 2.77. The molecule has 1 unspecified atom stereocenters. The van der Waals surface area contributed by atoms with Crippen LogP contribution in [-0.2, 0) is 12.7 Å². The Morgan fingerprint density at radius 2 is 1.95 bits per heavy atom. The standard InChI is InChI=1S/C14H19ClF3N/c1-3-5-12(4-2)19-9-10-8-11(14(16,17)18)6-7-13(10)15/h6-8,12,19H,3-5,9H2,1-2H3. The number of hydrogen-bond donors (Lipinski definition) is 1. The van der Waals surface area contributed by atoms with E-state index in [1.165, 1.54) is 6.07 Å². The highest BCUT2D eigenvalue weighted by Gasteiger charge is 2.30. The van der Waals surface area contributed by atoms with Crippen molar-refractivity contribution in [1.82, 2.24) is 5.32 Å². The lowest BCUT2D eigenvalue weighted by Crippen LogP contribution is -2.27. The van der Waals surface area contributed by atoms with E-state index in [2.05, 4.69) is 19.2 Å². The van der Waals surface area contributed by atoms with Crippen LogP contribution in [0.15, 0.2) is 18.2 Å². The third-order valence-corrected chi connectivity index (χ3v) is 3.45. The molecular formula is C14H19ClF3N. The first-order valence-corrected chi connectivity index (χ1v) is 6.85. The third kappa shape index (κ3) is 5.03. The van der Waals surface area contributed by atoms with Crippen LogP contribution >= 0.6 is 11.6 Å². The fourth-order valence-corrected chi connectivity index (χ4v) is 2.12. The van der Waals surface area contributed by atoms with Crippen molar-refractivity contribution in [3.63, 3.8) is 0 Å². The molecule has 5 heteroatoms. The zero-order chi connectivity index (χ0) is 14.5. The van der Waals surface area contributed by atoms with Crippen LogP contribution in [0.2, 0.25) is 5.02 Å². The topological polar surface area (TPSA) is 12.0 Å². The van der Waals surface area contributed by atoms with Gasteiger partial charge < -0.3 is 5.32 Å². The number of hydrogen-bond acceptors (Lipinski definition) is 1. The highest BCUT2D eigenvalue weighted by molar-refractivity contribution is 6.31. The normalized spacial score (nSPS) is 13.6. The third-order valence-electron chi connectivity index (χ3n) is 3.08. The number of rotatable bonds is 6. The molecule has 1 nitrogen and oxygen atoms in total. The van der Waals surface area contributed by atoms with Gasteiger partial charge in [0, 0.05) is 17.6 Å². The molecule has 19 heavy (non-hydrogen) atoms. The van der Waals surface area contributed by atoms with Crippen molar-refractivity contribution < 1.29 is 13.2 Å². The molecule has 1 atom stereocenters. The second-order valence-electron chi connectivity index (χ2n) is 4.58. The Hall–Kier alpha value is -0.740. The Kier molecular flexibility index (Phi) is 6.14. The van der Waals surface area contributed by atoms with Crippen LogP contribution in [0.1, 0.15) is 44.2 Å². The first-order chi connectivity index (χ1) is 8.88. The lowest BCUT2D eigenvalue weighted by Gasteiger charge is -2.17. The van der Waals surface area contributed by atoms with Gasteiger partial charge in [-0.05, 0) is 36.6 Å². The molecule has 0 saturated heterocycles. The Bertz CT molecular complexity index is 404. The van der Waals surface area contributed by atoms with E-state index in [0.29, 0.717) is 23.2 Å². The van der Waals surface area contributed by atoms with Gasteiger partial charge in [-0.2, -0.15) is 13.2 Å². The van der Waals surface area contributed by atoms with Crippen LogP contribution in [0, 0.1) is 0 Å². The summed E-state index contributed by atoms with van der Waals surface area (Å²) in [5.41, 5.74) is -0.164. The second kappa shape index (κ2) is 7.15. The Labute approximate surface area is 117 Å². The zero-order valence-electron chi connectivity index (χ0n) is 11.1. The molecule has 0 bridgehead atoms. The van der Waals surface area contributed by atoms with Crippen LogP contribution in [0.3, 0.4) is 0 Å². The summed E-state index contributed by atoms with van der Waals surface area (Å²) in [6, 6.07) is 3.75. The molecule has 0 aliphatic heterocycles. The van der Waals surface area contributed by atoms with Gasteiger partial charge >= 0.3 is 6.18 Å². The zero-order valence-corrected chi connectivity index (χ0v) is 11.9. The number of nitrogens with one attached hydrogen (secondary N) is 1. The summed E-state index contributed by atoms with van der Waals surface area (Å²) in [4.78, 5) is 0. The quantitative estimate of drug-likeness (QED) is 0.776. The molecule has 0 radical (unpaired) electrons. The van der Waals surface area contributed by atoms with Crippen LogP contribution in [0.25, 0.3) is 0 Å². The van der Waals surface area contributed by atoms with E-state index < -0.39 is 11.7 Å². The van der Waals surface area contributed by atoms with Crippen LogP contribution in [0.5, 0.6) is 0 Å². The van der Waals surface area contributed by atoms with E-state index in [9.17, 15) is 13.2 Å². The SMILES string of the molecule is CCCC(CC)NCc1cc(C(F)(F)F)ccc1Cl. The summed E-state index contributed by atoms with van der Waals surface area (Å²) < 4.78 is 37.9. The summed E-state index contributed by atoms with van der Waals surface area (Å²) in [6.45, 7) is 4.50. The molecule has 0 spiro atoms. The van der Waals surface area contributed by atoms with Gasteiger partial charge in [0.25, 0.3) is 0 Å². The molecule has 108 valence electrons. The smallest absolute Gasteiger partial charge is 0.310 e. The van der Waals surface area contributed by atoms with Gasteiger partial charge in [0.1, 0.15) is 0 Å². The number of alkyl halides is 3. The van der Waals surface area contributed by atoms with Crippen molar-refractivity contribution in [3.05, 3.63) is 34.3 Å². The second-order valence-corrected chi connectivity index (χ2v) is 4.99. The number of halogens is 4. The van der Waals surface area contributed by atoms with Crippen molar-refractivity contribution in [2.45, 2.75) is 51.9 Å². The van der Waals surface area contributed by atoms with Crippen molar-refractivity contribution in [2.75, 3.05) is 0 Å². The summed E-state index contributed by atoms with van der Waals surface area (Å²) >= 11 is 5.94. The average Bonchev–Trinajstić information content (AvgIpc) is 2.34. The fraction of sp³-hybridized carbons (Fsp3) is 0.571. The largest absolute Gasteiger partial charge is 0.416 e. The summed E-state index contributed by atoms with van der Waals surface area (Å²) in [7, 11) is 0. The van der Waals surface area contributed by atoms with Gasteiger partial charge in [0.2, 0.25) is 0 Å². The molecule has 0 heterocycles.